The number of rotatable bonds is 7. The smallest absolute Gasteiger partial charge is 0.223 e. The highest BCUT2D eigenvalue weighted by atomic mass is 16.2. The van der Waals surface area contributed by atoms with Crippen LogP contribution in [0.3, 0.4) is 0 Å². The third kappa shape index (κ3) is 6.03. The molecular formula is C31H36N4O2. The van der Waals surface area contributed by atoms with E-state index in [2.05, 4.69) is 77.2 Å². The topological polar surface area (TPSA) is 48.8 Å². The molecule has 2 aliphatic rings. The maximum absolute atomic E-state index is 13.4. The van der Waals surface area contributed by atoms with Crippen molar-refractivity contribution in [1.29, 1.82) is 0 Å². The number of hydrogen-bond donors (Lipinski definition) is 0. The molecule has 1 saturated heterocycles. The fourth-order valence-corrected chi connectivity index (χ4v) is 5.44. The van der Waals surface area contributed by atoms with Gasteiger partial charge in [-0.2, -0.15) is 0 Å². The molecule has 0 aliphatic carbocycles. The summed E-state index contributed by atoms with van der Waals surface area (Å²) in [4.78, 5) is 32.6. The highest BCUT2D eigenvalue weighted by molar-refractivity contribution is 5.84. The Morgan fingerprint density at radius 2 is 1.62 bits per heavy atom. The van der Waals surface area contributed by atoms with Crippen LogP contribution in [0.1, 0.15) is 41.3 Å². The van der Waals surface area contributed by atoms with Crippen molar-refractivity contribution in [3.63, 3.8) is 0 Å². The van der Waals surface area contributed by atoms with Crippen LogP contribution in [0, 0.1) is 6.92 Å². The highest BCUT2D eigenvalue weighted by Gasteiger charge is 2.32. The molecule has 1 fully saturated rings. The summed E-state index contributed by atoms with van der Waals surface area (Å²) >= 11 is 0. The fourth-order valence-electron chi connectivity index (χ4n) is 5.44. The Kier molecular flexibility index (Phi) is 7.85. The zero-order valence-electron chi connectivity index (χ0n) is 21.6. The van der Waals surface area contributed by atoms with Crippen LogP contribution in [-0.4, -0.2) is 70.3 Å². The molecule has 37 heavy (non-hydrogen) atoms. The lowest BCUT2D eigenvalue weighted by molar-refractivity contribution is -0.139. The van der Waals surface area contributed by atoms with Crippen LogP contribution in [0.4, 0.5) is 0 Å². The highest BCUT2D eigenvalue weighted by Crippen LogP contribution is 2.33. The van der Waals surface area contributed by atoms with Crippen molar-refractivity contribution in [2.24, 2.45) is 0 Å². The number of piperazine rings is 1. The average molecular weight is 497 g/mol. The number of hydrogen-bond acceptors (Lipinski definition) is 3. The number of aryl methyl sites for hydroxylation is 1. The molecule has 0 spiro atoms. The van der Waals surface area contributed by atoms with Crippen molar-refractivity contribution in [2.75, 3.05) is 39.3 Å². The van der Waals surface area contributed by atoms with Crippen LogP contribution in [-0.2, 0) is 16.1 Å². The van der Waals surface area contributed by atoms with Crippen molar-refractivity contribution in [3.05, 3.63) is 101 Å². The molecule has 3 heterocycles. The minimum Gasteiger partial charge on any atom is -0.348 e. The molecule has 0 radical (unpaired) electrons. The third-order valence-corrected chi connectivity index (χ3v) is 7.47. The van der Waals surface area contributed by atoms with Gasteiger partial charge >= 0.3 is 0 Å². The van der Waals surface area contributed by atoms with E-state index in [0.29, 0.717) is 6.54 Å². The number of amides is 2. The van der Waals surface area contributed by atoms with E-state index in [1.165, 1.54) is 11.1 Å². The van der Waals surface area contributed by atoms with Crippen molar-refractivity contribution >= 4 is 17.9 Å². The van der Waals surface area contributed by atoms with Crippen LogP contribution in [0.5, 0.6) is 0 Å². The molecule has 6 heteroatoms. The maximum atomic E-state index is 13.4. The predicted molar refractivity (Wildman–Crippen MR) is 147 cm³/mol. The van der Waals surface area contributed by atoms with Gasteiger partial charge in [-0.1, -0.05) is 72.3 Å². The van der Waals surface area contributed by atoms with E-state index < -0.39 is 0 Å². The Hall–Kier alpha value is -3.64. The summed E-state index contributed by atoms with van der Waals surface area (Å²) < 4.78 is 2.23. The molecule has 1 atom stereocenters. The molecule has 1 unspecified atom stereocenters. The fraction of sp³-hybridized carbons (Fsp3) is 0.355. The van der Waals surface area contributed by atoms with Gasteiger partial charge < -0.3 is 14.4 Å². The second-order valence-electron chi connectivity index (χ2n) is 10.0. The number of carbonyl (C=O) groups excluding carboxylic acids is 2. The van der Waals surface area contributed by atoms with Crippen LogP contribution < -0.4 is 0 Å². The molecule has 3 aromatic rings. The average Bonchev–Trinajstić information content (AvgIpc) is 3.41. The molecular weight excluding hydrogens is 460 g/mol. The Morgan fingerprint density at radius 1 is 0.838 bits per heavy atom. The predicted octanol–water partition coefficient (Wildman–Crippen LogP) is 4.37. The second kappa shape index (κ2) is 11.6. The summed E-state index contributed by atoms with van der Waals surface area (Å²) in [6.45, 7) is 7.55. The van der Waals surface area contributed by atoms with Gasteiger partial charge in [0.25, 0.3) is 0 Å². The van der Waals surface area contributed by atoms with Crippen LogP contribution in [0.15, 0.2) is 79.0 Å². The van der Waals surface area contributed by atoms with Crippen molar-refractivity contribution in [1.82, 2.24) is 19.3 Å². The van der Waals surface area contributed by atoms with Gasteiger partial charge in [-0.3, -0.25) is 14.5 Å². The lowest BCUT2D eigenvalue weighted by atomic mass is 9.97. The standard InChI is InChI=1S/C31H36N4O2/c1-25-8-5-12-27(24-25)31-28-13-7-17-33(28)22-23-35(31)30(37)15-14-29(36)34-20-18-32(19-21-34)16-6-11-26-9-3-2-4-10-26/h2-13,17,24,31H,14-16,18-23H2,1H3/b11-6+. The van der Waals surface area contributed by atoms with E-state index in [-0.39, 0.29) is 30.7 Å². The first-order valence-corrected chi connectivity index (χ1v) is 13.3. The van der Waals surface area contributed by atoms with Gasteiger partial charge in [0.2, 0.25) is 11.8 Å². The SMILES string of the molecule is Cc1cccc(C2c3cccn3CCN2C(=O)CCC(=O)N2CCN(C/C=C/c3ccccc3)CC2)c1. The van der Waals surface area contributed by atoms with Crippen LogP contribution >= 0.6 is 0 Å². The Bertz CT molecular complexity index is 1240. The summed E-state index contributed by atoms with van der Waals surface area (Å²) in [6.07, 6.45) is 6.93. The van der Waals surface area contributed by atoms with Crippen molar-refractivity contribution in [2.45, 2.75) is 32.4 Å². The molecule has 192 valence electrons. The Balaban J connectivity index is 1.13. The zero-order valence-corrected chi connectivity index (χ0v) is 21.6. The number of carbonyl (C=O) groups is 2. The molecule has 5 rings (SSSR count). The summed E-state index contributed by atoms with van der Waals surface area (Å²) in [6, 6.07) is 22.7. The molecule has 0 bridgehead atoms. The third-order valence-electron chi connectivity index (χ3n) is 7.47. The first kappa shape index (κ1) is 25.0. The zero-order chi connectivity index (χ0) is 25.6. The summed E-state index contributed by atoms with van der Waals surface area (Å²) in [7, 11) is 0. The minimum atomic E-state index is -0.112. The van der Waals surface area contributed by atoms with Gasteiger partial charge in [-0.25, -0.2) is 0 Å². The molecule has 1 aromatic heterocycles. The van der Waals surface area contributed by atoms with E-state index >= 15 is 0 Å². The van der Waals surface area contributed by atoms with Gasteiger partial charge in [0.05, 0.1) is 6.04 Å². The number of nitrogens with zero attached hydrogens (tertiary/aromatic N) is 4. The Morgan fingerprint density at radius 3 is 2.41 bits per heavy atom. The quantitative estimate of drug-likeness (QED) is 0.488. The van der Waals surface area contributed by atoms with Gasteiger partial charge in [-0.05, 0) is 30.2 Å². The molecule has 0 N–H and O–H groups in total. The molecule has 2 aliphatic heterocycles. The number of benzene rings is 2. The maximum Gasteiger partial charge on any atom is 0.223 e. The summed E-state index contributed by atoms with van der Waals surface area (Å²) in [5.74, 6) is 0.136. The first-order chi connectivity index (χ1) is 18.1. The summed E-state index contributed by atoms with van der Waals surface area (Å²) in [5, 5.41) is 0. The number of aromatic nitrogens is 1. The molecule has 0 saturated carbocycles. The molecule has 6 nitrogen and oxygen atoms in total. The van der Waals surface area contributed by atoms with Crippen LogP contribution in [0.2, 0.25) is 0 Å². The van der Waals surface area contributed by atoms with Crippen molar-refractivity contribution in [3.8, 4) is 0 Å². The lowest BCUT2D eigenvalue weighted by Gasteiger charge is -2.38. The van der Waals surface area contributed by atoms with E-state index in [9.17, 15) is 9.59 Å². The lowest BCUT2D eigenvalue weighted by Crippen LogP contribution is -2.49. The summed E-state index contributed by atoms with van der Waals surface area (Å²) in [5.41, 5.74) is 4.64. The van der Waals surface area contributed by atoms with Crippen LogP contribution in [0.25, 0.3) is 6.08 Å². The van der Waals surface area contributed by atoms with E-state index in [4.69, 9.17) is 0 Å². The van der Waals surface area contributed by atoms with E-state index in [1.807, 2.05) is 34.1 Å². The van der Waals surface area contributed by atoms with Gasteiger partial charge in [0, 0.05) is 70.5 Å². The molecule has 2 aromatic carbocycles. The normalized spacial score (nSPS) is 18.2. The first-order valence-electron chi connectivity index (χ1n) is 13.3. The monoisotopic (exact) mass is 496 g/mol. The van der Waals surface area contributed by atoms with E-state index in [1.54, 1.807) is 0 Å². The van der Waals surface area contributed by atoms with Gasteiger partial charge in [0.15, 0.2) is 0 Å². The second-order valence-corrected chi connectivity index (χ2v) is 10.0. The molecule has 2 amide bonds. The van der Waals surface area contributed by atoms with Gasteiger partial charge in [0.1, 0.15) is 0 Å². The van der Waals surface area contributed by atoms with Gasteiger partial charge in [-0.15, -0.1) is 0 Å². The largest absolute Gasteiger partial charge is 0.348 e. The number of fused-ring (bicyclic) bond motifs is 1. The van der Waals surface area contributed by atoms with Crippen molar-refractivity contribution < 1.29 is 9.59 Å². The van der Waals surface area contributed by atoms with E-state index in [0.717, 1.165) is 50.5 Å². The Labute approximate surface area is 219 Å². The minimum absolute atomic E-state index is 0.0528.